The van der Waals surface area contributed by atoms with Gasteiger partial charge in [0.05, 0.1) is 5.69 Å². The van der Waals surface area contributed by atoms with Crippen molar-refractivity contribution in [3.05, 3.63) is 40.6 Å². The van der Waals surface area contributed by atoms with E-state index in [0.717, 1.165) is 17.8 Å². The van der Waals surface area contributed by atoms with Crippen molar-refractivity contribution < 1.29 is 0 Å². The highest BCUT2D eigenvalue weighted by Crippen LogP contribution is 2.27. The van der Waals surface area contributed by atoms with Crippen LogP contribution >= 0.6 is 0 Å². The minimum absolute atomic E-state index is 0.648. The summed E-state index contributed by atoms with van der Waals surface area (Å²) in [6.07, 6.45) is 0.851. The zero-order valence-electron chi connectivity index (χ0n) is 10.7. The summed E-state index contributed by atoms with van der Waals surface area (Å²) in [5.41, 5.74) is 12.7. The van der Waals surface area contributed by atoms with Gasteiger partial charge in [0, 0.05) is 17.7 Å². The molecule has 1 aromatic heterocycles. The Morgan fingerprint density at radius 2 is 2.00 bits per heavy atom. The molecular weight excluding hydrogens is 210 g/mol. The first-order chi connectivity index (χ1) is 8.13. The summed E-state index contributed by atoms with van der Waals surface area (Å²) in [6.45, 7) is 6.97. The number of rotatable bonds is 3. The summed E-state index contributed by atoms with van der Waals surface area (Å²) in [7, 11) is 0. The third-order valence-corrected chi connectivity index (χ3v) is 3.15. The second kappa shape index (κ2) is 4.72. The highest BCUT2D eigenvalue weighted by Gasteiger charge is 2.12. The van der Waals surface area contributed by atoms with Crippen molar-refractivity contribution in [1.29, 1.82) is 0 Å². The molecular formula is C14H19N3. The monoisotopic (exact) mass is 229 g/mol. The van der Waals surface area contributed by atoms with E-state index >= 15 is 0 Å². The van der Waals surface area contributed by atoms with E-state index < -0.39 is 0 Å². The van der Waals surface area contributed by atoms with Crippen LogP contribution in [0, 0.1) is 20.8 Å². The van der Waals surface area contributed by atoms with Crippen LogP contribution in [0.3, 0.4) is 0 Å². The fourth-order valence-electron chi connectivity index (χ4n) is 2.07. The van der Waals surface area contributed by atoms with Gasteiger partial charge in [-0.25, -0.2) is 0 Å². The molecule has 0 aliphatic rings. The molecule has 0 saturated heterocycles. The van der Waals surface area contributed by atoms with Crippen molar-refractivity contribution in [3.8, 4) is 11.3 Å². The number of nitrogens with two attached hydrogens (primary N) is 1. The molecule has 1 aromatic carbocycles. The summed E-state index contributed by atoms with van der Waals surface area (Å²) >= 11 is 0. The first-order valence-corrected chi connectivity index (χ1v) is 5.95. The van der Waals surface area contributed by atoms with Crippen molar-refractivity contribution in [2.75, 3.05) is 6.54 Å². The van der Waals surface area contributed by atoms with Crippen LogP contribution in [0.1, 0.15) is 22.4 Å². The minimum Gasteiger partial charge on any atom is -0.330 e. The number of nitrogens with zero attached hydrogens (tertiary/aromatic N) is 1. The maximum absolute atomic E-state index is 5.58. The van der Waals surface area contributed by atoms with Crippen molar-refractivity contribution in [2.24, 2.45) is 5.73 Å². The summed E-state index contributed by atoms with van der Waals surface area (Å²) in [5, 5.41) is 7.52. The highest BCUT2D eigenvalue weighted by atomic mass is 15.1. The number of aromatic nitrogens is 2. The third kappa shape index (κ3) is 2.24. The Kier molecular flexibility index (Phi) is 3.29. The molecule has 17 heavy (non-hydrogen) atoms. The molecule has 0 aliphatic heterocycles. The van der Waals surface area contributed by atoms with Gasteiger partial charge in [0.25, 0.3) is 0 Å². The van der Waals surface area contributed by atoms with Crippen LogP contribution in [0.2, 0.25) is 0 Å². The molecule has 3 nitrogen and oxygen atoms in total. The molecule has 1 heterocycles. The summed E-state index contributed by atoms with van der Waals surface area (Å²) < 4.78 is 0. The molecule has 2 aromatic rings. The molecule has 0 atom stereocenters. The van der Waals surface area contributed by atoms with E-state index in [0.29, 0.717) is 6.54 Å². The molecule has 0 radical (unpaired) electrons. The van der Waals surface area contributed by atoms with E-state index in [1.807, 2.05) is 0 Å². The number of aryl methyl sites for hydroxylation is 2. The number of benzene rings is 1. The van der Waals surface area contributed by atoms with E-state index in [9.17, 15) is 0 Å². The van der Waals surface area contributed by atoms with Crippen molar-refractivity contribution in [1.82, 2.24) is 10.2 Å². The van der Waals surface area contributed by atoms with Gasteiger partial charge in [0.1, 0.15) is 0 Å². The number of hydrogen-bond acceptors (Lipinski definition) is 2. The Bertz CT molecular complexity index is 526. The average Bonchev–Trinajstić information content (AvgIpc) is 2.65. The lowest BCUT2D eigenvalue weighted by molar-refractivity contribution is 0.896. The van der Waals surface area contributed by atoms with Gasteiger partial charge >= 0.3 is 0 Å². The quantitative estimate of drug-likeness (QED) is 0.849. The average molecular weight is 229 g/mol. The van der Waals surface area contributed by atoms with Gasteiger partial charge in [-0.15, -0.1) is 0 Å². The largest absolute Gasteiger partial charge is 0.330 e. The molecule has 0 spiro atoms. The lowest BCUT2D eigenvalue weighted by Gasteiger charge is -2.05. The van der Waals surface area contributed by atoms with Gasteiger partial charge in [-0.05, 0) is 44.5 Å². The molecule has 0 unspecified atom stereocenters. The first kappa shape index (κ1) is 11.9. The molecule has 90 valence electrons. The Balaban J connectivity index is 2.49. The molecule has 3 N–H and O–H groups in total. The number of H-pyrrole nitrogens is 1. The number of aromatic amines is 1. The molecule has 0 bridgehead atoms. The van der Waals surface area contributed by atoms with E-state index in [1.165, 1.54) is 22.3 Å². The van der Waals surface area contributed by atoms with Gasteiger partial charge < -0.3 is 5.73 Å². The molecule has 2 rings (SSSR count). The number of hydrogen-bond donors (Lipinski definition) is 2. The van der Waals surface area contributed by atoms with Gasteiger partial charge in [-0.3, -0.25) is 5.10 Å². The third-order valence-electron chi connectivity index (χ3n) is 3.15. The predicted octanol–water partition coefficient (Wildman–Crippen LogP) is 2.50. The molecule has 0 saturated carbocycles. The second-order valence-corrected chi connectivity index (χ2v) is 4.53. The lowest BCUT2D eigenvalue weighted by Crippen LogP contribution is -2.03. The Morgan fingerprint density at radius 1 is 1.24 bits per heavy atom. The van der Waals surface area contributed by atoms with Crippen LogP contribution in [0.5, 0.6) is 0 Å². The van der Waals surface area contributed by atoms with Gasteiger partial charge in [0.2, 0.25) is 0 Å². The fourth-order valence-corrected chi connectivity index (χ4v) is 2.07. The molecule has 3 heteroatoms. The SMILES string of the molecule is Cc1ccc(C)c(-c2n[nH]c(CCN)c2C)c1. The maximum atomic E-state index is 5.58. The van der Waals surface area contributed by atoms with E-state index in [2.05, 4.69) is 49.2 Å². The fraction of sp³-hybridized carbons (Fsp3) is 0.357. The van der Waals surface area contributed by atoms with Crippen LogP contribution in [0.4, 0.5) is 0 Å². The predicted molar refractivity (Wildman–Crippen MR) is 71.0 cm³/mol. The maximum Gasteiger partial charge on any atom is 0.0955 e. The van der Waals surface area contributed by atoms with Crippen LogP contribution in [0.15, 0.2) is 18.2 Å². The number of nitrogens with one attached hydrogen (secondary N) is 1. The summed E-state index contributed by atoms with van der Waals surface area (Å²) in [5.74, 6) is 0. The van der Waals surface area contributed by atoms with Crippen LogP contribution < -0.4 is 5.73 Å². The van der Waals surface area contributed by atoms with Crippen molar-refractivity contribution in [3.63, 3.8) is 0 Å². The Morgan fingerprint density at radius 3 is 2.71 bits per heavy atom. The Hall–Kier alpha value is -1.61. The lowest BCUT2D eigenvalue weighted by atomic mass is 9.99. The smallest absolute Gasteiger partial charge is 0.0955 e. The van der Waals surface area contributed by atoms with Crippen molar-refractivity contribution in [2.45, 2.75) is 27.2 Å². The van der Waals surface area contributed by atoms with Crippen LogP contribution in [-0.2, 0) is 6.42 Å². The van der Waals surface area contributed by atoms with E-state index in [-0.39, 0.29) is 0 Å². The van der Waals surface area contributed by atoms with Gasteiger partial charge in [-0.1, -0.05) is 17.7 Å². The van der Waals surface area contributed by atoms with Crippen molar-refractivity contribution >= 4 is 0 Å². The second-order valence-electron chi connectivity index (χ2n) is 4.53. The van der Waals surface area contributed by atoms with Gasteiger partial charge in [-0.2, -0.15) is 5.10 Å². The van der Waals surface area contributed by atoms with E-state index in [4.69, 9.17) is 5.73 Å². The summed E-state index contributed by atoms with van der Waals surface area (Å²) in [6, 6.07) is 6.45. The minimum atomic E-state index is 0.648. The Labute approximate surface area is 102 Å². The van der Waals surface area contributed by atoms with E-state index in [1.54, 1.807) is 0 Å². The zero-order valence-corrected chi connectivity index (χ0v) is 10.7. The van der Waals surface area contributed by atoms with Crippen LogP contribution in [0.25, 0.3) is 11.3 Å². The summed E-state index contributed by atoms with van der Waals surface area (Å²) in [4.78, 5) is 0. The standard InChI is InChI=1S/C14H19N3/c1-9-4-5-10(2)12(8-9)14-11(3)13(6-7-15)16-17-14/h4-5,8H,6-7,15H2,1-3H3,(H,16,17). The highest BCUT2D eigenvalue weighted by molar-refractivity contribution is 5.68. The first-order valence-electron chi connectivity index (χ1n) is 5.95. The molecule has 0 fully saturated rings. The van der Waals surface area contributed by atoms with Gasteiger partial charge in [0.15, 0.2) is 0 Å². The topological polar surface area (TPSA) is 54.7 Å². The molecule has 0 amide bonds. The zero-order chi connectivity index (χ0) is 12.4. The normalized spacial score (nSPS) is 10.8. The molecule has 0 aliphatic carbocycles. The van der Waals surface area contributed by atoms with Crippen LogP contribution in [-0.4, -0.2) is 16.7 Å².